The highest BCUT2D eigenvalue weighted by Crippen LogP contribution is 2.37. The number of anilines is 1. The molecule has 92 valence electrons. The Hall–Kier alpha value is -2.20. The first kappa shape index (κ1) is 10.7. The van der Waals surface area contributed by atoms with Gasteiger partial charge in [0.2, 0.25) is 5.78 Å². The quantitative estimate of drug-likeness (QED) is 0.739. The van der Waals surface area contributed by atoms with Crippen LogP contribution in [0.4, 0.5) is 11.4 Å². The molecule has 0 aliphatic carbocycles. The fourth-order valence-corrected chi connectivity index (χ4v) is 2.66. The third-order valence-corrected chi connectivity index (χ3v) is 3.62. The average Bonchev–Trinajstić information content (AvgIpc) is 2.69. The zero-order chi connectivity index (χ0) is 13.0. The van der Waals surface area contributed by atoms with E-state index in [4.69, 9.17) is 11.6 Å². The first-order valence-corrected chi connectivity index (χ1v) is 6.25. The summed E-state index contributed by atoms with van der Waals surface area (Å²) < 4.78 is 0. The fraction of sp³-hybridized carbons (Fsp3) is 0.0714. The van der Waals surface area contributed by atoms with E-state index in [-0.39, 0.29) is 5.78 Å². The van der Waals surface area contributed by atoms with E-state index >= 15 is 0 Å². The lowest BCUT2D eigenvalue weighted by atomic mass is 10.1. The molecule has 4 rings (SSSR count). The average molecular weight is 270 g/mol. The molecule has 0 radical (unpaired) electrons. The number of hydrogen-bond acceptors (Lipinski definition) is 4. The maximum absolute atomic E-state index is 12.3. The van der Waals surface area contributed by atoms with E-state index in [1.165, 1.54) is 0 Å². The van der Waals surface area contributed by atoms with Crippen molar-refractivity contribution in [3.05, 3.63) is 52.8 Å². The maximum Gasteiger partial charge on any atom is 0.230 e. The first-order valence-electron chi connectivity index (χ1n) is 5.87. The minimum Gasteiger partial charge on any atom is -0.318 e. The second-order valence-corrected chi connectivity index (χ2v) is 4.95. The van der Waals surface area contributed by atoms with Crippen molar-refractivity contribution in [1.82, 2.24) is 4.98 Å². The molecule has 1 aromatic carbocycles. The van der Waals surface area contributed by atoms with E-state index in [1.807, 2.05) is 17.0 Å². The maximum atomic E-state index is 12.3. The number of nitrogens with zero attached hydrogens (tertiary/aromatic N) is 3. The van der Waals surface area contributed by atoms with Gasteiger partial charge in [-0.1, -0.05) is 11.6 Å². The van der Waals surface area contributed by atoms with Crippen LogP contribution in [0, 0.1) is 0 Å². The van der Waals surface area contributed by atoms with Gasteiger partial charge >= 0.3 is 0 Å². The zero-order valence-corrected chi connectivity index (χ0v) is 10.6. The molecule has 4 nitrogen and oxygen atoms in total. The Morgan fingerprint density at radius 2 is 2.16 bits per heavy atom. The molecular weight excluding hydrogens is 262 g/mol. The highest BCUT2D eigenvalue weighted by molar-refractivity contribution is 6.55. The highest BCUT2D eigenvalue weighted by Gasteiger charge is 2.36. The predicted octanol–water partition coefficient (Wildman–Crippen LogP) is 2.98. The lowest BCUT2D eigenvalue weighted by Gasteiger charge is -2.24. The minimum absolute atomic E-state index is 0.0695. The van der Waals surface area contributed by atoms with Gasteiger partial charge in [-0.3, -0.25) is 9.78 Å². The van der Waals surface area contributed by atoms with E-state index in [0.29, 0.717) is 23.0 Å². The smallest absolute Gasteiger partial charge is 0.230 e. The van der Waals surface area contributed by atoms with Crippen LogP contribution in [0.25, 0.3) is 0 Å². The molecule has 2 aliphatic heterocycles. The van der Waals surface area contributed by atoms with Crippen molar-refractivity contribution < 1.29 is 4.79 Å². The minimum atomic E-state index is -0.0695. The van der Waals surface area contributed by atoms with Crippen LogP contribution in [-0.2, 0) is 6.54 Å². The van der Waals surface area contributed by atoms with Crippen molar-refractivity contribution in [3.8, 4) is 0 Å². The SMILES string of the molecule is O=C1C2=Nc3ccncc3CN2c2ccc(Cl)cc21. The summed E-state index contributed by atoms with van der Waals surface area (Å²) >= 11 is 5.95. The lowest BCUT2D eigenvalue weighted by molar-refractivity contribution is 0.106. The molecule has 19 heavy (non-hydrogen) atoms. The Balaban J connectivity index is 1.93. The van der Waals surface area contributed by atoms with Crippen molar-refractivity contribution >= 4 is 34.6 Å². The van der Waals surface area contributed by atoms with E-state index in [1.54, 1.807) is 24.5 Å². The predicted molar refractivity (Wildman–Crippen MR) is 73.3 cm³/mol. The summed E-state index contributed by atoms with van der Waals surface area (Å²) in [6.07, 6.45) is 3.47. The molecule has 0 amide bonds. The van der Waals surface area contributed by atoms with Crippen molar-refractivity contribution in [2.75, 3.05) is 4.90 Å². The normalized spacial score (nSPS) is 15.7. The van der Waals surface area contributed by atoms with Gasteiger partial charge in [-0.15, -0.1) is 0 Å². The second kappa shape index (κ2) is 3.65. The Labute approximate surface area is 114 Å². The molecule has 1 aromatic heterocycles. The first-order chi connectivity index (χ1) is 9.24. The van der Waals surface area contributed by atoms with Gasteiger partial charge in [-0.05, 0) is 24.3 Å². The molecule has 0 unspecified atom stereocenters. The van der Waals surface area contributed by atoms with Gasteiger partial charge in [-0.2, -0.15) is 0 Å². The number of benzene rings is 1. The number of carbonyl (C=O) groups is 1. The molecule has 5 heteroatoms. The molecule has 2 aliphatic rings. The van der Waals surface area contributed by atoms with Crippen LogP contribution in [0.1, 0.15) is 15.9 Å². The summed E-state index contributed by atoms with van der Waals surface area (Å²) in [5.41, 5.74) is 3.31. The summed E-state index contributed by atoms with van der Waals surface area (Å²) in [5, 5.41) is 0.562. The molecule has 0 spiro atoms. The van der Waals surface area contributed by atoms with Crippen molar-refractivity contribution in [1.29, 1.82) is 0 Å². The van der Waals surface area contributed by atoms with Gasteiger partial charge < -0.3 is 4.90 Å². The van der Waals surface area contributed by atoms with Crippen molar-refractivity contribution in [2.45, 2.75) is 6.54 Å². The summed E-state index contributed by atoms with van der Waals surface area (Å²) in [7, 11) is 0. The van der Waals surface area contributed by atoms with Gasteiger partial charge in [0.1, 0.15) is 0 Å². The Morgan fingerprint density at radius 1 is 1.26 bits per heavy atom. The number of ketones is 1. The molecular formula is C14H8ClN3O. The number of carbonyl (C=O) groups excluding carboxylic acids is 1. The van der Waals surface area contributed by atoms with Crippen LogP contribution in [0.5, 0.6) is 0 Å². The molecule has 0 N–H and O–H groups in total. The summed E-state index contributed by atoms with van der Waals surface area (Å²) in [6.45, 7) is 0.613. The van der Waals surface area contributed by atoms with E-state index in [9.17, 15) is 4.79 Å². The van der Waals surface area contributed by atoms with E-state index in [2.05, 4.69) is 9.98 Å². The molecule has 3 heterocycles. The monoisotopic (exact) mass is 269 g/mol. The largest absolute Gasteiger partial charge is 0.318 e. The van der Waals surface area contributed by atoms with Crippen LogP contribution >= 0.6 is 11.6 Å². The number of halogens is 1. The summed E-state index contributed by atoms with van der Waals surface area (Å²) in [4.78, 5) is 22.8. The number of aliphatic imine (C=N–C) groups is 1. The van der Waals surface area contributed by atoms with Gasteiger partial charge in [0.25, 0.3) is 0 Å². The fourth-order valence-electron chi connectivity index (χ4n) is 2.49. The zero-order valence-electron chi connectivity index (χ0n) is 9.80. The van der Waals surface area contributed by atoms with E-state index < -0.39 is 0 Å². The topological polar surface area (TPSA) is 45.6 Å². The highest BCUT2D eigenvalue weighted by atomic mass is 35.5. The number of rotatable bonds is 0. The molecule has 0 atom stereocenters. The van der Waals surface area contributed by atoms with Crippen LogP contribution < -0.4 is 4.90 Å². The number of aromatic nitrogens is 1. The number of pyridine rings is 1. The molecule has 0 bridgehead atoms. The van der Waals surface area contributed by atoms with Gasteiger partial charge in [0.05, 0.1) is 23.5 Å². The third-order valence-electron chi connectivity index (χ3n) is 3.39. The molecule has 0 fully saturated rings. The Bertz CT molecular complexity index is 754. The Morgan fingerprint density at radius 3 is 3.05 bits per heavy atom. The number of fused-ring (bicyclic) bond motifs is 4. The van der Waals surface area contributed by atoms with Crippen LogP contribution in [0.2, 0.25) is 5.02 Å². The van der Waals surface area contributed by atoms with Gasteiger partial charge in [-0.25, -0.2) is 4.99 Å². The molecule has 2 aromatic rings. The van der Waals surface area contributed by atoms with Crippen LogP contribution in [0.3, 0.4) is 0 Å². The molecule has 0 saturated carbocycles. The summed E-state index contributed by atoms with van der Waals surface area (Å²) in [6, 6.07) is 7.17. The van der Waals surface area contributed by atoms with Crippen LogP contribution in [-0.4, -0.2) is 16.6 Å². The third kappa shape index (κ3) is 1.43. The van der Waals surface area contributed by atoms with Gasteiger partial charge in [0.15, 0.2) is 5.84 Å². The van der Waals surface area contributed by atoms with Gasteiger partial charge in [0, 0.05) is 23.0 Å². The van der Waals surface area contributed by atoms with Crippen molar-refractivity contribution in [3.63, 3.8) is 0 Å². The van der Waals surface area contributed by atoms with Crippen LogP contribution in [0.15, 0.2) is 41.7 Å². The number of Topliss-reactive ketones (excluding diaryl/α,β-unsaturated/α-hetero) is 1. The molecule has 0 saturated heterocycles. The second-order valence-electron chi connectivity index (χ2n) is 4.52. The number of hydrogen-bond donors (Lipinski definition) is 0. The van der Waals surface area contributed by atoms with E-state index in [0.717, 1.165) is 16.9 Å². The lowest BCUT2D eigenvalue weighted by Crippen LogP contribution is -2.31. The van der Waals surface area contributed by atoms with Crippen molar-refractivity contribution in [2.24, 2.45) is 4.99 Å². The summed E-state index contributed by atoms with van der Waals surface area (Å²) in [5.74, 6) is 0.399. The number of amidine groups is 1. The standard InChI is InChI=1S/C14H8ClN3O/c15-9-1-2-12-10(5-9)13(19)14-17-11-3-4-16-6-8(11)7-18(12)14/h1-6H,7H2. The Kier molecular flexibility index (Phi) is 2.05.